The van der Waals surface area contributed by atoms with Crippen molar-refractivity contribution >= 4 is 17.6 Å². The van der Waals surface area contributed by atoms with E-state index in [9.17, 15) is 4.79 Å². The topological polar surface area (TPSA) is 69.9 Å². The van der Waals surface area contributed by atoms with Gasteiger partial charge in [0.2, 0.25) is 0 Å². The van der Waals surface area contributed by atoms with Gasteiger partial charge in [-0.1, -0.05) is 11.6 Å². The second-order valence-corrected chi connectivity index (χ2v) is 3.80. The second kappa shape index (κ2) is 4.50. The van der Waals surface area contributed by atoms with Crippen LogP contribution in [0.4, 0.5) is 0 Å². The van der Waals surface area contributed by atoms with Crippen molar-refractivity contribution in [1.29, 1.82) is 0 Å². The first kappa shape index (κ1) is 11.5. The van der Waals surface area contributed by atoms with Crippen molar-refractivity contribution in [3.8, 4) is 5.69 Å². The highest BCUT2D eigenvalue weighted by Gasteiger charge is 2.17. The number of halogens is 1. The van der Waals surface area contributed by atoms with Crippen LogP contribution >= 0.6 is 11.6 Å². The van der Waals surface area contributed by atoms with Gasteiger partial charge in [-0.15, -0.1) is 5.10 Å². The molecule has 0 saturated carbocycles. The van der Waals surface area contributed by atoms with E-state index in [4.69, 9.17) is 16.3 Å². The third-order valence-corrected chi connectivity index (χ3v) is 2.47. The highest BCUT2D eigenvalue weighted by atomic mass is 35.5. The zero-order valence-electron chi connectivity index (χ0n) is 9.22. The molecule has 6 nitrogen and oxygen atoms in total. The third kappa shape index (κ3) is 2.12. The molecular weight excluding hydrogens is 244 g/mol. The van der Waals surface area contributed by atoms with Gasteiger partial charge in [0, 0.05) is 5.02 Å². The zero-order valence-corrected chi connectivity index (χ0v) is 9.97. The number of carbonyl (C=O) groups is 1. The summed E-state index contributed by atoms with van der Waals surface area (Å²) in [5.74, 6) is -0.485. The first-order valence-corrected chi connectivity index (χ1v) is 5.13. The Bertz CT molecular complexity index is 554. The van der Waals surface area contributed by atoms with Gasteiger partial charge in [-0.05, 0) is 35.0 Å². The standard InChI is InChI=1S/C10H9ClN4O2/c1-6-3-7(11)4-8(10(16)17-2)9(6)15-5-12-13-14-15/h3-5H,1-2H3. The van der Waals surface area contributed by atoms with Gasteiger partial charge in [-0.2, -0.15) is 4.68 Å². The fraction of sp³-hybridized carbons (Fsp3) is 0.200. The number of rotatable bonds is 2. The lowest BCUT2D eigenvalue weighted by atomic mass is 10.1. The number of carbonyl (C=O) groups excluding carboxylic acids is 1. The number of hydrogen-bond acceptors (Lipinski definition) is 5. The summed E-state index contributed by atoms with van der Waals surface area (Å²) < 4.78 is 6.11. The van der Waals surface area contributed by atoms with Crippen LogP contribution in [0.3, 0.4) is 0 Å². The minimum Gasteiger partial charge on any atom is -0.465 e. The van der Waals surface area contributed by atoms with Crippen LogP contribution in [-0.2, 0) is 4.74 Å². The van der Waals surface area contributed by atoms with Gasteiger partial charge in [0.15, 0.2) is 0 Å². The van der Waals surface area contributed by atoms with Crippen molar-refractivity contribution in [3.63, 3.8) is 0 Å². The van der Waals surface area contributed by atoms with Crippen LogP contribution in [-0.4, -0.2) is 33.3 Å². The molecule has 0 spiro atoms. The Morgan fingerprint density at radius 2 is 2.24 bits per heavy atom. The van der Waals surface area contributed by atoms with Crippen molar-refractivity contribution in [3.05, 3.63) is 34.6 Å². The van der Waals surface area contributed by atoms with E-state index in [1.54, 1.807) is 6.07 Å². The zero-order chi connectivity index (χ0) is 12.4. The maximum Gasteiger partial charge on any atom is 0.340 e. The summed E-state index contributed by atoms with van der Waals surface area (Å²) in [6, 6.07) is 3.25. The van der Waals surface area contributed by atoms with Gasteiger partial charge in [0.05, 0.1) is 18.4 Å². The van der Waals surface area contributed by atoms with Crippen LogP contribution in [0.5, 0.6) is 0 Å². The van der Waals surface area contributed by atoms with Crippen molar-refractivity contribution in [2.24, 2.45) is 0 Å². The molecule has 2 rings (SSSR count). The molecule has 0 atom stereocenters. The molecular formula is C10H9ClN4O2. The lowest BCUT2D eigenvalue weighted by Gasteiger charge is -2.10. The lowest BCUT2D eigenvalue weighted by Crippen LogP contribution is -2.10. The summed E-state index contributed by atoms with van der Waals surface area (Å²) >= 11 is 5.92. The van der Waals surface area contributed by atoms with Crippen LogP contribution in [0.15, 0.2) is 18.5 Å². The summed E-state index contributed by atoms with van der Waals surface area (Å²) in [5, 5.41) is 11.3. The van der Waals surface area contributed by atoms with E-state index >= 15 is 0 Å². The number of aromatic nitrogens is 4. The fourth-order valence-electron chi connectivity index (χ4n) is 1.57. The molecule has 1 aromatic heterocycles. The predicted molar refractivity (Wildman–Crippen MR) is 60.2 cm³/mol. The molecule has 88 valence electrons. The molecule has 0 aliphatic rings. The molecule has 7 heteroatoms. The van der Waals surface area contributed by atoms with Crippen LogP contribution in [0.2, 0.25) is 5.02 Å². The van der Waals surface area contributed by atoms with Gasteiger partial charge < -0.3 is 4.74 Å². The summed E-state index contributed by atoms with van der Waals surface area (Å²) in [4.78, 5) is 11.7. The maximum atomic E-state index is 11.7. The fourth-order valence-corrected chi connectivity index (χ4v) is 1.84. The molecule has 0 aliphatic carbocycles. The largest absolute Gasteiger partial charge is 0.465 e. The van der Waals surface area contributed by atoms with Crippen molar-refractivity contribution < 1.29 is 9.53 Å². The Kier molecular flexibility index (Phi) is 3.06. The Morgan fingerprint density at radius 3 is 2.82 bits per heavy atom. The van der Waals surface area contributed by atoms with E-state index in [2.05, 4.69) is 15.5 Å². The minimum atomic E-state index is -0.485. The smallest absolute Gasteiger partial charge is 0.340 e. The quantitative estimate of drug-likeness (QED) is 0.756. The second-order valence-electron chi connectivity index (χ2n) is 3.36. The van der Waals surface area contributed by atoms with E-state index in [0.717, 1.165) is 5.56 Å². The van der Waals surface area contributed by atoms with Gasteiger partial charge in [0.25, 0.3) is 0 Å². The van der Waals surface area contributed by atoms with Gasteiger partial charge in [-0.3, -0.25) is 0 Å². The van der Waals surface area contributed by atoms with Crippen LogP contribution in [0.25, 0.3) is 5.69 Å². The van der Waals surface area contributed by atoms with Crippen LogP contribution < -0.4 is 0 Å². The van der Waals surface area contributed by atoms with Crippen LogP contribution in [0, 0.1) is 6.92 Å². The Labute approximate surface area is 102 Å². The highest BCUT2D eigenvalue weighted by molar-refractivity contribution is 6.31. The molecule has 0 N–H and O–H groups in total. The van der Waals surface area contributed by atoms with Gasteiger partial charge >= 0.3 is 5.97 Å². The van der Waals surface area contributed by atoms with Crippen molar-refractivity contribution in [2.75, 3.05) is 7.11 Å². The van der Waals surface area contributed by atoms with E-state index < -0.39 is 5.97 Å². The number of benzene rings is 1. The molecule has 0 unspecified atom stereocenters. The summed E-state index contributed by atoms with van der Waals surface area (Å²) in [6.45, 7) is 1.81. The third-order valence-electron chi connectivity index (χ3n) is 2.25. The molecule has 17 heavy (non-hydrogen) atoms. The normalized spacial score (nSPS) is 10.3. The number of nitrogens with zero attached hydrogens (tertiary/aromatic N) is 4. The summed E-state index contributed by atoms with van der Waals surface area (Å²) in [6.07, 6.45) is 1.41. The van der Waals surface area contributed by atoms with Crippen molar-refractivity contribution in [1.82, 2.24) is 20.2 Å². The molecule has 0 saturated heterocycles. The molecule has 1 heterocycles. The van der Waals surface area contributed by atoms with E-state index in [0.29, 0.717) is 16.3 Å². The Hall–Kier alpha value is -1.95. The molecule has 0 fully saturated rings. The average molecular weight is 253 g/mol. The molecule has 0 amide bonds. The number of tetrazole rings is 1. The van der Waals surface area contributed by atoms with Gasteiger partial charge in [-0.25, -0.2) is 4.79 Å². The molecule has 0 bridgehead atoms. The number of esters is 1. The minimum absolute atomic E-state index is 0.324. The van der Waals surface area contributed by atoms with Crippen LogP contribution in [0.1, 0.15) is 15.9 Å². The predicted octanol–water partition coefficient (Wildman–Crippen LogP) is 1.41. The maximum absolute atomic E-state index is 11.7. The molecule has 2 aromatic rings. The van der Waals surface area contributed by atoms with E-state index in [-0.39, 0.29) is 0 Å². The highest BCUT2D eigenvalue weighted by Crippen LogP contribution is 2.24. The molecule has 0 aliphatic heterocycles. The Morgan fingerprint density at radius 1 is 1.47 bits per heavy atom. The van der Waals surface area contributed by atoms with Gasteiger partial charge in [0.1, 0.15) is 6.33 Å². The number of methoxy groups -OCH3 is 1. The number of ether oxygens (including phenoxy) is 1. The first-order valence-electron chi connectivity index (χ1n) is 4.75. The number of aryl methyl sites for hydroxylation is 1. The SMILES string of the molecule is COC(=O)c1cc(Cl)cc(C)c1-n1cnnn1. The monoisotopic (exact) mass is 252 g/mol. The van der Waals surface area contributed by atoms with E-state index in [1.165, 1.54) is 24.2 Å². The summed E-state index contributed by atoms with van der Waals surface area (Å²) in [7, 11) is 1.31. The average Bonchev–Trinajstić information content (AvgIpc) is 2.80. The molecule has 0 radical (unpaired) electrons. The molecule has 1 aromatic carbocycles. The van der Waals surface area contributed by atoms with E-state index in [1.807, 2.05) is 6.92 Å². The summed E-state index contributed by atoms with van der Waals surface area (Å²) in [5.41, 5.74) is 1.67. The Balaban J connectivity index is 2.68. The lowest BCUT2D eigenvalue weighted by molar-refractivity contribution is 0.0600. The number of hydrogen-bond donors (Lipinski definition) is 0. The first-order chi connectivity index (χ1) is 8.13. The van der Waals surface area contributed by atoms with Crippen molar-refractivity contribution in [2.45, 2.75) is 6.92 Å².